The van der Waals surface area contributed by atoms with E-state index in [1.54, 1.807) is 23.2 Å². The number of amides is 1. The lowest BCUT2D eigenvalue weighted by molar-refractivity contribution is 0.0953. The number of nitrogens with one attached hydrogen (secondary N) is 1. The van der Waals surface area contributed by atoms with Crippen LogP contribution in [-0.2, 0) is 19.9 Å². The number of fused-ring (bicyclic) bond motifs is 1. The van der Waals surface area contributed by atoms with Crippen molar-refractivity contribution in [3.63, 3.8) is 0 Å². The minimum absolute atomic E-state index is 0.209. The Hall–Kier alpha value is -3.55. The molecular formula is C19H18N6O2. The fraction of sp³-hybridized carbons (Fsp3) is 0.211. The van der Waals surface area contributed by atoms with Gasteiger partial charge in [0.2, 0.25) is 5.89 Å². The lowest BCUT2D eigenvalue weighted by atomic mass is 10.1. The molecule has 1 amide bonds. The number of carbonyl (C=O) groups is 1. The second kappa shape index (κ2) is 7.36. The Kier molecular flexibility index (Phi) is 4.61. The monoisotopic (exact) mass is 362 g/mol. The molecule has 0 fully saturated rings. The molecule has 0 saturated carbocycles. The van der Waals surface area contributed by atoms with E-state index in [1.165, 1.54) is 0 Å². The summed E-state index contributed by atoms with van der Waals surface area (Å²) in [6.45, 7) is 0.395. The molecule has 3 heterocycles. The van der Waals surface area contributed by atoms with Crippen LogP contribution in [0.1, 0.15) is 27.6 Å². The molecule has 1 N–H and O–H groups in total. The van der Waals surface area contributed by atoms with E-state index in [1.807, 2.05) is 37.4 Å². The Balaban J connectivity index is 1.32. The Labute approximate surface area is 155 Å². The number of nitrogens with zero attached hydrogens (tertiary/aromatic N) is 5. The number of pyridine rings is 1. The zero-order chi connectivity index (χ0) is 18.6. The van der Waals surface area contributed by atoms with Crippen molar-refractivity contribution < 1.29 is 9.32 Å². The zero-order valence-corrected chi connectivity index (χ0v) is 14.8. The van der Waals surface area contributed by atoms with Gasteiger partial charge in [0.15, 0.2) is 11.5 Å². The van der Waals surface area contributed by atoms with Crippen molar-refractivity contribution in [3.05, 3.63) is 71.8 Å². The van der Waals surface area contributed by atoms with E-state index in [2.05, 4.69) is 25.4 Å². The number of hydrogen-bond acceptors (Lipinski definition) is 6. The molecule has 27 heavy (non-hydrogen) atoms. The summed E-state index contributed by atoms with van der Waals surface area (Å²) < 4.78 is 7.05. The minimum atomic E-state index is -0.209. The average molecular weight is 362 g/mol. The second-order valence-corrected chi connectivity index (χ2v) is 6.19. The van der Waals surface area contributed by atoms with Gasteiger partial charge in [-0.2, -0.15) is 4.98 Å². The molecule has 0 aliphatic heterocycles. The van der Waals surface area contributed by atoms with Crippen LogP contribution in [0.4, 0.5) is 0 Å². The summed E-state index contributed by atoms with van der Waals surface area (Å²) in [5.74, 6) is 0.922. The van der Waals surface area contributed by atoms with Crippen LogP contribution in [0.5, 0.6) is 0 Å². The summed E-state index contributed by atoms with van der Waals surface area (Å²) in [6.07, 6.45) is 4.30. The highest BCUT2D eigenvalue weighted by Crippen LogP contribution is 2.11. The number of rotatable bonds is 6. The van der Waals surface area contributed by atoms with Gasteiger partial charge in [-0.3, -0.25) is 4.79 Å². The Morgan fingerprint density at radius 1 is 1.22 bits per heavy atom. The predicted octanol–water partition coefficient (Wildman–Crippen LogP) is 1.91. The fourth-order valence-corrected chi connectivity index (χ4v) is 2.77. The molecule has 0 atom stereocenters. The van der Waals surface area contributed by atoms with Crippen LogP contribution in [0, 0.1) is 0 Å². The Bertz CT molecular complexity index is 1070. The van der Waals surface area contributed by atoms with E-state index in [9.17, 15) is 4.79 Å². The van der Waals surface area contributed by atoms with Crippen molar-refractivity contribution in [2.24, 2.45) is 7.05 Å². The normalized spacial score (nSPS) is 11.0. The summed E-state index contributed by atoms with van der Waals surface area (Å²) >= 11 is 0. The minimum Gasteiger partial charge on any atom is -0.351 e. The summed E-state index contributed by atoms with van der Waals surface area (Å²) in [4.78, 5) is 25.1. The Morgan fingerprint density at radius 3 is 2.93 bits per heavy atom. The van der Waals surface area contributed by atoms with Gasteiger partial charge < -0.3 is 14.4 Å². The second-order valence-electron chi connectivity index (χ2n) is 6.19. The molecule has 4 aromatic rings. The number of carbonyl (C=O) groups excluding carboxylic acids is 1. The van der Waals surface area contributed by atoms with Gasteiger partial charge in [0.1, 0.15) is 5.52 Å². The largest absolute Gasteiger partial charge is 0.351 e. The topological polar surface area (TPSA) is 98.7 Å². The molecular weight excluding hydrogens is 344 g/mol. The third kappa shape index (κ3) is 3.84. The average Bonchev–Trinajstić information content (AvgIpc) is 3.29. The maximum absolute atomic E-state index is 12.3. The summed E-state index contributed by atoms with van der Waals surface area (Å²) in [7, 11) is 1.86. The van der Waals surface area contributed by atoms with Crippen LogP contribution in [0.25, 0.3) is 11.2 Å². The van der Waals surface area contributed by atoms with E-state index < -0.39 is 0 Å². The van der Waals surface area contributed by atoms with E-state index >= 15 is 0 Å². The van der Waals surface area contributed by atoms with Crippen molar-refractivity contribution in [1.29, 1.82) is 0 Å². The van der Waals surface area contributed by atoms with Crippen molar-refractivity contribution in [2.45, 2.75) is 12.8 Å². The standard InChI is InChI=1S/C19H18N6O2/c1-25-12-22-15-10-14(11-21-18(15)25)19(26)20-8-7-17-23-16(24-27-17)9-13-5-3-2-4-6-13/h2-6,10-12H,7-9H2,1H3,(H,20,26). The zero-order valence-electron chi connectivity index (χ0n) is 14.8. The summed E-state index contributed by atoms with van der Waals surface area (Å²) in [5.41, 5.74) is 3.02. The molecule has 0 aliphatic carbocycles. The fourth-order valence-electron chi connectivity index (χ4n) is 2.77. The highest BCUT2D eigenvalue weighted by Gasteiger charge is 2.11. The first kappa shape index (κ1) is 16.9. The number of aryl methyl sites for hydroxylation is 1. The van der Waals surface area contributed by atoms with Crippen LogP contribution >= 0.6 is 0 Å². The smallest absolute Gasteiger partial charge is 0.252 e. The molecule has 8 nitrogen and oxygen atoms in total. The van der Waals surface area contributed by atoms with Gasteiger partial charge in [-0.1, -0.05) is 35.5 Å². The SMILES string of the molecule is Cn1cnc2cc(C(=O)NCCc3nc(Cc4ccccc4)no3)cnc21. The van der Waals surface area contributed by atoms with Crippen LogP contribution in [0.2, 0.25) is 0 Å². The first-order valence-electron chi connectivity index (χ1n) is 8.60. The lowest BCUT2D eigenvalue weighted by Crippen LogP contribution is -2.25. The van der Waals surface area contributed by atoms with Gasteiger partial charge in [0.25, 0.3) is 5.91 Å². The molecule has 0 saturated heterocycles. The molecule has 0 aliphatic rings. The van der Waals surface area contributed by atoms with Crippen molar-refractivity contribution in [1.82, 2.24) is 30.0 Å². The quantitative estimate of drug-likeness (QED) is 0.563. The van der Waals surface area contributed by atoms with Crippen LogP contribution in [-0.4, -0.2) is 37.1 Å². The third-order valence-corrected chi connectivity index (χ3v) is 4.15. The van der Waals surface area contributed by atoms with Gasteiger partial charge in [0.05, 0.1) is 11.9 Å². The van der Waals surface area contributed by atoms with Gasteiger partial charge in [-0.25, -0.2) is 9.97 Å². The highest BCUT2D eigenvalue weighted by molar-refractivity contribution is 5.96. The molecule has 0 bridgehead atoms. The van der Waals surface area contributed by atoms with Crippen molar-refractivity contribution in [2.75, 3.05) is 6.54 Å². The van der Waals surface area contributed by atoms with Crippen molar-refractivity contribution in [3.8, 4) is 0 Å². The number of imidazole rings is 1. The lowest BCUT2D eigenvalue weighted by Gasteiger charge is -2.03. The van der Waals surface area contributed by atoms with Crippen molar-refractivity contribution >= 4 is 17.1 Å². The Morgan fingerprint density at radius 2 is 2.07 bits per heavy atom. The molecule has 0 unspecified atom stereocenters. The van der Waals surface area contributed by atoms with E-state index in [4.69, 9.17) is 4.52 Å². The first-order valence-corrected chi connectivity index (χ1v) is 8.60. The number of aromatic nitrogens is 5. The number of hydrogen-bond donors (Lipinski definition) is 1. The van der Waals surface area contributed by atoms with E-state index in [-0.39, 0.29) is 5.91 Å². The number of benzene rings is 1. The van der Waals surface area contributed by atoms with Gasteiger partial charge in [-0.05, 0) is 11.6 Å². The van der Waals surface area contributed by atoms with Crippen LogP contribution < -0.4 is 5.32 Å². The summed E-state index contributed by atoms with van der Waals surface area (Å²) in [6, 6.07) is 11.7. The van der Waals surface area contributed by atoms with E-state index in [0.29, 0.717) is 42.2 Å². The molecule has 136 valence electrons. The highest BCUT2D eigenvalue weighted by atomic mass is 16.5. The predicted molar refractivity (Wildman–Crippen MR) is 98.1 cm³/mol. The molecule has 0 radical (unpaired) electrons. The van der Waals surface area contributed by atoms with Gasteiger partial charge in [0, 0.05) is 32.6 Å². The van der Waals surface area contributed by atoms with Gasteiger partial charge in [-0.15, -0.1) is 0 Å². The molecule has 1 aromatic carbocycles. The van der Waals surface area contributed by atoms with Crippen LogP contribution in [0.3, 0.4) is 0 Å². The third-order valence-electron chi connectivity index (χ3n) is 4.15. The molecule has 4 rings (SSSR count). The van der Waals surface area contributed by atoms with Crippen LogP contribution in [0.15, 0.2) is 53.4 Å². The molecule has 0 spiro atoms. The van der Waals surface area contributed by atoms with E-state index in [0.717, 1.165) is 11.2 Å². The maximum Gasteiger partial charge on any atom is 0.252 e. The van der Waals surface area contributed by atoms with Gasteiger partial charge >= 0.3 is 0 Å². The summed E-state index contributed by atoms with van der Waals surface area (Å²) in [5, 5.41) is 6.82. The molecule has 8 heteroatoms. The molecule has 3 aromatic heterocycles. The maximum atomic E-state index is 12.3. The first-order chi connectivity index (χ1) is 13.2.